The van der Waals surface area contributed by atoms with Gasteiger partial charge in [0.2, 0.25) is 5.91 Å². The molecule has 4 nitrogen and oxygen atoms in total. The highest BCUT2D eigenvalue weighted by molar-refractivity contribution is 7.99. The average molecular weight is 382 g/mol. The molecular formula is C21H35NO3S. The third-order valence-electron chi connectivity index (χ3n) is 4.35. The van der Waals surface area contributed by atoms with Gasteiger partial charge in [-0.05, 0) is 41.6 Å². The number of nitrogens with zero attached hydrogens (tertiary/aromatic N) is 1. The van der Waals surface area contributed by atoms with E-state index in [2.05, 4.69) is 53.7 Å². The first-order valence-corrected chi connectivity index (χ1v) is 10.3. The molecule has 0 saturated heterocycles. The molecule has 1 aromatic carbocycles. The van der Waals surface area contributed by atoms with Crippen LogP contribution in [0.2, 0.25) is 0 Å². The van der Waals surface area contributed by atoms with E-state index >= 15 is 0 Å². The van der Waals surface area contributed by atoms with Crippen molar-refractivity contribution in [1.29, 1.82) is 0 Å². The maximum atomic E-state index is 11.0. The smallest absolute Gasteiger partial charge is 0.242 e. The molecule has 0 saturated carbocycles. The molecule has 0 atom stereocenters. The number of hydroxylamine groups is 2. The number of phenols is 1. The lowest BCUT2D eigenvalue weighted by atomic mass is 9.79. The average Bonchev–Trinajstić information content (AvgIpc) is 2.49. The van der Waals surface area contributed by atoms with Gasteiger partial charge in [0.25, 0.3) is 0 Å². The number of aromatic hydroxyl groups is 1. The number of benzene rings is 1. The number of phenolic OH excluding ortho intramolecular Hbond substituents is 1. The Morgan fingerprint density at radius 1 is 1.00 bits per heavy atom. The number of carbonyl (C=O) groups is 1. The van der Waals surface area contributed by atoms with E-state index in [-0.39, 0.29) is 16.7 Å². The third kappa shape index (κ3) is 6.84. The predicted octanol–water partition coefficient (Wildman–Crippen LogP) is 5.49. The van der Waals surface area contributed by atoms with Crippen LogP contribution in [0.1, 0.15) is 78.9 Å². The Morgan fingerprint density at radius 2 is 1.50 bits per heavy atom. The molecule has 0 aliphatic carbocycles. The Kier molecular flexibility index (Phi) is 8.03. The lowest BCUT2D eigenvalue weighted by Gasteiger charge is -2.28. The van der Waals surface area contributed by atoms with E-state index in [9.17, 15) is 15.1 Å². The Morgan fingerprint density at radius 3 is 1.92 bits per heavy atom. The molecule has 148 valence electrons. The Balaban J connectivity index is 2.74. The number of carbonyl (C=O) groups excluding carboxylic acids is 1. The fourth-order valence-electron chi connectivity index (χ4n) is 2.72. The van der Waals surface area contributed by atoms with E-state index in [1.165, 1.54) is 11.8 Å². The zero-order chi connectivity index (χ0) is 20.1. The molecule has 1 aromatic rings. The first-order valence-electron chi connectivity index (χ1n) is 9.32. The van der Waals surface area contributed by atoms with Gasteiger partial charge in [-0.2, -0.15) is 0 Å². The van der Waals surface area contributed by atoms with Gasteiger partial charge in [-0.15, -0.1) is 11.8 Å². The van der Waals surface area contributed by atoms with Gasteiger partial charge in [0, 0.05) is 29.5 Å². The second-order valence-electron chi connectivity index (χ2n) is 8.92. The van der Waals surface area contributed by atoms with Crippen molar-refractivity contribution in [3.8, 4) is 5.75 Å². The van der Waals surface area contributed by atoms with Crippen molar-refractivity contribution in [1.82, 2.24) is 5.06 Å². The van der Waals surface area contributed by atoms with Crippen LogP contribution >= 0.6 is 11.8 Å². The van der Waals surface area contributed by atoms with Crippen molar-refractivity contribution in [3.05, 3.63) is 23.3 Å². The molecule has 0 aliphatic rings. The molecule has 0 heterocycles. The minimum absolute atomic E-state index is 0.113. The van der Waals surface area contributed by atoms with E-state index in [0.717, 1.165) is 41.2 Å². The first-order chi connectivity index (χ1) is 11.8. The van der Waals surface area contributed by atoms with Crippen molar-refractivity contribution < 1.29 is 15.1 Å². The second kappa shape index (κ2) is 9.14. The quantitative estimate of drug-likeness (QED) is 0.284. The summed E-state index contributed by atoms with van der Waals surface area (Å²) in [6.07, 6.45) is 2.79. The topological polar surface area (TPSA) is 60.8 Å². The highest BCUT2D eigenvalue weighted by Crippen LogP contribution is 2.41. The van der Waals surface area contributed by atoms with Gasteiger partial charge >= 0.3 is 0 Å². The standard InChI is InChI=1S/C21H35NO3S/c1-15(23)22(25)11-9-8-10-12-26-16-13-17(20(2,3)4)19(24)18(14-16)21(5,6)7/h13-14,24-25H,8-12H2,1-7H3. The molecule has 0 spiro atoms. The van der Waals surface area contributed by atoms with Gasteiger partial charge < -0.3 is 5.11 Å². The molecule has 2 N–H and O–H groups in total. The van der Waals surface area contributed by atoms with Crippen molar-refractivity contribution in [2.45, 2.75) is 83.5 Å². The largest absolute Gasteiger partial charge is 0.507 e. The highest BCUT2D eigenvalue weighted by Gasteiger charge is 2.26. The van der Waals surface area contributed by atoms with E-state index < -0.39 is 0 Å². The summed E-state index contributed by atoms with van der Waals surface area (Å²) in [6.45, 7) is 14.5. The summed E-state index contributed by atoms with van der Waals surface area (Å²) in [5.74, 6) is 1.08. The van der Waals surface area contributed by atoms with E-state index in [1.54, 1.807) is 11.8 Å². The van der Waals surface area contributed by atoms with Crippen LogP contribution in [-0.2, 0) is 15.6 Å². The second-order valence-corrected chi connectivity index (χ2v) is 10.1. The van der Waals surface area contributed by atoms with Gasteiger partial charge in [0.1, 0.15) is 5.75 Å². The van der Waals surface area contributed by atoms with E-state index in [4.69, 9.17) is 0 Å². The molecule has 0 radical (unpaired) electrons. The van der Waals surface area contributed by atoms with Crippen LogP contribution in [0.4, 0.5) is 0 Å². The summed E-state index contributed by atoms with van der Waals surface area (Å²) < 4.78 is 0. The number of unbranched alkanes of at least 4 members (excludes halogenated alkanes) is 2. The van der Waals surface area contributed by atoms with Gasteiger partial charge in [0.15, 0.2) is 0 Å². The van der Waals surface area contributed by atoms with Crippen LogP contribution in [-0.4, -0.2) is 33.6 Å². The van der Waals surface area contributed by atoms with Crippen LogP contribution in [0.15, 0.2) is 17.0 Å². The molecule has 0 bridgehead atoms. The lowest BCUT2D eigenvalue weighted by molar-refractivity contribution is -0.162. The summed E-state index contributed by atoms with van der Waals surface area (Å²) in [5.41, 5.74) is 1.75. The summed E-state index contributed by atoms with van der Waals surface area (Å²) in [4.78, 5) is 12.1. The summed E-state index contributed by atoms with van der Waals surface area (Å²) in [7, 11) is 0. The monoisotopic (exact) mass is 381 g/mol. The first kappa shape index (κ1) is 22.8. The minimum atomic E-state index is -0.312. The lowest BCUT2D eigenvalue weighted by Crippen LogP contribution is -2.25. The van der Waals surface area contributed by atoms with Crippen molar-refractivity contribution in [2.24, 2.45) is 0 Å². The van der Waals surface area contributed by atoms with Crippen LogP contribution < -0.4 is 0 Å². The van der Waals surface area contributed by atoms with Crippen LogP contribution in [0.3, 0.4) is 0 Å². The fraction of sp³-hybridized carbons (Fsp3) is 0.667. The molecule has 1 amide bonds. The van der Waals surface area contributed by atoms with Gasteiger partial charge in [-0.25, -0.2) is 5.06 Å². The number of amides is 1. The molecular weight excluding hydrogens is 346 g/mol. The van der Waals surface area contributed by atoms with Crippen molar-refractivity contribution in [3.63, 3.8) is 0 Å². The molecule has 0 aromatic heterocycles. The number of thioether (sulfide) groups is 1. The van der Waals surface area contributed by atoms with Gasteiger partial charge in [-0.1, -0.05) is 48.0 Å². The molecule has 1 rings (SSSR count). The summed E-state index contributed by atoms with van der Waals surface area (Å²) in [5, 5.41) is 20.9. The van der Waals surface area contributed by atoms with E-state index in [0.29, 0.717) is 12.3 Å². The molecule has 0 fully saturated rings. The molecule has 5 heteroatoms. The normalized spacial score (nSPS) is 12.3. The Labute approximate surface area is 162 Å². The minimum Gasteiger partial charge on any atom is -0.507 e. The van der Waals surface area contributed by atoms with Crippen LogP contribution in [0, 0.1) is 0 Å². The van der Waals surface area contributed by atoms with Crippen molar-refractivity contribution in [2.75, 3.05) is 12.3 Å². The maximum Gasteiger partial charge on any atom is 0.242 e. The highest BCUT2D eigenvalue weighted by atomic mass is 32.2. The summed E-state index contributed by atoms with van der Waals surface area (Å²) >= 11 is 1.80. The zero-order valence-corrected chi connectivity index (χ0v) is 18.2. The predicted molar refractivity (Wildman–Crippen MR) is 109 cm³/mol. The van der Waals surface area contributed by atoms with Crippen LogP contribution in [0.5, 0.6) is 5.75 Å². The summed E-state index contributed by atoms with van der Waals surface area (Å²) in [6, 6.07) is 4.22. The molecule has 0 aliphatic heterocycles. The van der Waals surface area contributed by atoms with Gasteiger partial charge in [-0.3, -0.25) is 10.0 Å². The molecule has 0 unspecified atom stereocenters. The van der Waals surface area contributed by atoms with E-state index in [1.807, 2.05) is 0 Å². The van der Waals surface area contributed by atoms with Crippen molar-refractivity contribution >= 4 is 17.7 Å². The maximum absolute atomic E-state index is 11.0. The Hall–Kier alpha value is -1.20. The Bertz CT molecular complexity index is 580. The van der Waals surface area contributed by atoms with Crippen LogP contribution in [0.25, 0.3) is 0 Å². The SMILES string of the molecule is CC(=O)N(O)CCCCCSc1cc(C(C)(C)C)c(O)c(C(C)(C)C)c1. The molecule has 26 heavy (non-hydrogen) atoms. The number of hydrogen-bond acceptors (Lipinski definition) is 4. The van der Waals surface area contributed by atoms with Gasteiger partial charge in [0.05, 0.1) is 0 Å². The third-order valence-corrected chi connectivity index (χ3v) is 5.41. The zero-order valence-electron chi connectivity index (χ0n) is 17.3. The fourth-order valence-corrected chi connectivity index (χ4v) is 3.71. The number of hydrogen-bond donors (Lipinski definition) is 2. The number of rotatable bonds is 7.